The van der Waals surface area contributed by atoms with Crippen LogP contribution >= 0.6 is 0 Å². The smallest absolute Gasteiger partial charge is 0.263 e. The summed E-state index contributed by atoms with van der Waals surface area (Å²) in [5, 5.41) is 10.0. The van der Waals surface area contributed by atoms with Crippen molar-refractivity contribution in [3.05, 3.63) is 11.3 Å². The van der Waals surface area contributed by atoms with Gasteiger partial charge >= 0.3 is 0 Å². The average molecular weight is 282 g/mol. The number of sulfonamides is 1. The molecule has 1 aromatic rings. The zero-order valence-electron chi connectivity index (χ0n) is 11.1. The first-order chi connectivity index (χ1) is 8.96. The van der Waals surface area contributed by atoms with Gasteiger partial charge in [0.25, 0.3) is 10.0 Å². The van der Waals surface area contributed by atoms with Crippen molar-refractivity contribution in [3.8, 4) is 12.3 Å². The summed E-state index contributed by atoms with van der Waals surface area (Å²) in [5.74, 6) is 2.32. The molecule has 0 amide bonds. The largest absolute Gasteiger partial charge is 0.310 e. The van der Waals surface area contributed by atoms with Crippen molar-refractivity contribution < 1.29 is 8.42 Å². The fraction of sp³-hybridized carbons (Fsp3) is 0.583. The predicted octanol–water partition coefficient (Wildman–Crippen LogP) is 0.224. The molecule has 0 spiro atoms. The van der Waals surface area contributed by atoms with E-state index in [-0.39, 0.29) is 11.6 Å². The lowest BCUT2D eigenvalue weighted by Crippen LogP contribution is -2.29. The molecule has 1 saturated carbocycles. The van der Waals surface area contributed by atoms with Crippen molar-refractivity contribution in [1.82, 2.24) is 19.8 Å². The Hall–Kier alpha value is -1.36. The number of hydrogen-bond donors (Lipinski definition) is 2. The molecular formula is C12H18N4O2S. The lowest BCUT2D eigenvalue weighted by molar-refractivity contribution is 0.497. The first kappa shape index (κ1) is 14.1. The van der Waals surface area contributed by atoms with E-state index in [9.17, 15) is 8.42 Å². The molecule has 0 saturated heterocycles. The van der Waals surface area contributed by atoms with E-state index in [4.69, 9.17) is 6.42 Å². The van der Waals surface area contributed by atoms with Gasteiger partial charge in [0, 0.05) is 30.9 Å². The SMILES string of the molecule is C#CCN(C)S(=O)(=O)c1n[nH]c(C)c1CNC1CC1. The van der Waals surface area contributed by atoms with Crippen LogP contribution < -0.4 is 5.32 Å². The molecule has 0 bridgehead atoms. The Bertz CT molecular complexity index is 596. The lowest BCUT2D eigenvalue weighted by Gasteiger charge is -2.13. The Balaban J connectivity index is 2.25. The number of aryl methyl sites for hydroxylation is 1. The second-order valence-electron chi connectivity index (χ2n) is 4.75. The van der Waals surface area contributed by atoms with Crippen LogP contribution in [0.4, 0.5) is 0 Å². The lowest BCUT2D eigenvalue weighted by atomic mass is 10.2. The number of terminal acetylenes is 1. The Morgan fingerprint density at radius 2 is 2.26 bits per heavy atom. The molecule has 1 aromatic heterocycles. The third-order valence-electron chi connectivity index (χ3n) is 3.15. The number of nitrogens with zero attached hydrogens (tertiary/aromatic N) is 2. The molecule has 1 fully saturated rings. The van der Waals surface area contributed by atoms with Gasteiger partial charge in [-0.2, -0.15) is 9.40 Å². The second kappa shape index (κ2) is 5.33. The fourth-order valence-corrected chi connectivity index (χ4v) is 2.98. The van der Waals surface area contributed by atoms with Crippen LogP contribution in [0.5, 0.6) is 0 Å². The van der Waals surface area contributed by atoms with Gasteiger partial charge < -0.3 is 5.32 Å². The van der Waals surface area contributed by atoms with Crippen LogP contribution in [-0.4, -0.2) is 42.6 Å². The van der Waals surface area contributed by atoms with Crippen LogP contribution in [-0.2, 0) is 16.6 Å². The van der Waals surface area contributed by atoms with Crippen molar-refractivity contribution in [2.45, 2.75) is 37.4 Å². The second-order valence-corrected chi connectivity index (χ2v) is 6.71. The summed E-state index contributed by atoms with van der Waals surface area (Å²) < 4.78 is 25.8. The van der Waals surface area contributed by atoms with Crippen LogP contribution in [0, 0.1) is 19.3 Å². The van der Waals surface area contributed by atoms with Crippen molar-refractivity contribution in [2.75, 3.05) is 13.6 Å². The number of aromatic nitrogens is 2. The fourth-order valence-electron chi connectivity index (χ4n) is 1.75. The Morgan fingerprint density at radius 3 is 2.84 bits per heavy atom. The first-order valence-corrected chi connectivity index (χ1v) is 7.58. The molecule has 0 radical (unpaired) electrons. The summed E-state index contributed by atoms with van der Waals surface area (Å²) in [7, 11) is -2.17. The third-order valence-corrected chi connectivity index (χ3v) is 4.93. The quantitative estimate of drug-likeness (QED) is 0.732. The highest BCUT2D eigenvalue weighted by Crippen LogP contribution is 2.23. The molecule has 2 rings (SSSR count). The van der Waals surface area contributed by atoms with E-state index in [0.29, 0.717) is 18.2 Å². The summed E-state index contributed by atoms with van der Waals surface area (Å²) in [6, 6.07) is 0.508. The van der Waals surface area contributed by atoms with Crippen LogP contribution in [0.3, 0.4) is 0 Å². The number of nitrogens with one attached hydrogen (secondary N) is 2. The molecule has 0 unspecified atom stereocenters. The van der Waals surface area contributed by atoms with Crippen LogP contribution in [0.1, 0.15) is 24.1 Å². The highest BCUT2D eigenvalue weighted by atomic mass is 32.2. The Kier molecular flexibility index (Phi) is 3.94. The minimum atomic E-state index is -3.63. The highest BCUT2D eigenvalue weighted by Gasteiger charge is 2.29. The maximum atomic E-state index is 12.3. The summed E-state index contributed by atoms with van der Waals surface area (Å²) in [5.41, 5.74) is 1.46. The van der Waals surface area contributed by atoms with Crippen LogP contribution in [0.15, 0.2) is 5.03 Å². The molecule has 2 N–H and O–H groups in total. The van der Waals surface area contributed by atoms with Gasteiger partial charge in [0.2, 0.25) is 0 Å². The standard InChI is InChI=1S/C12H18N4O2S/c1-4-7-16(3)19(17,18)12-11(9(2)14-15-12)8-13-10-5-6-10/h1,10,13H,5-8H2,2-3H3,(H,14,15). The molecule has 1 heterocycles. The van der Waals surface area contributed by atoms with Gasteiger partial charge in [0.1, 0.15) is 0 Å². The Morgan fingerprint density at radius 1 is 1.58 bits per heavy atom. The minimum Gasteiger partial charge on any atom is -0.310 e. The molecule has 1 aliphatic carbocycles. The zero-order valence-corrected chi connectivity index (χ0v) is 11.9. The molecular weight excluding hydrogens is 264 g/mol. The molecule has 6 nitrogen and oxygen atoms in total. The molecule has 7 heteroatoms. The molecule has 0 aliphatic heterocycles. The molecule has 104 valence electrons. The maximum absolute atomic E-state index is 12.3. The molecule has 19 heavy (non-hydrogen) atoms. The van der Waals surface area contributed by atoms with Gasteiger partial charge in [0.05, 0.1) is 6.54 Å². The van der Waals surface area contributed by atoms with Gasteiger partial charge in [-0.15, -0.1) is 6.42 Å². The molecule has 1 aliphatic rings. The van der Waals surface area contributed by atoms with Crippen LogP contribution in [0.25, 0.3) is 0 Å². The van der Waals surface area contributed by atoms with E-state index in [1.807, 2.05) is 6.92 Å². The average Bonchev–Trinajstić information content (AvgIpc) is 3.10. The van der Waals surface area contributed by atoms with E-state index in [0.717, 1.165) is 22.8 Å². The van der Waals surface area contributed by atoms with E-state index in [1.165, 1.54) is 7.05 Å². The summed E-state index contributed by atoms with van der Waals surface area (Å²) in [6.45, 7) is 2.35. The molecule has 0 atom stereocenters. The number of rotatable bonds is 6. The summed E-state index contributed by atoms with van der Waals surface area (Å²) >= 11 is 0. The van der Waals surface area contributed by atoms with Crippen molar-refractivity contribution in [1.29, 1.82) is 0 Å². The van der Waals surface area contributed by atoms with Gasteiger partial charge in [-0.05, 0) is 19.8 Å². The topological polar surface area (TPSA) is 78.1 Å². The summed E-state index contributed by atoms with van der Waals surface area (Å²) in [6.07, 6.45) is 7.46. The number of aromatic amines is 1. The van der Waals surface area contributed by atoms with Gasteiger partial charge in [-0.3, -0.25) is 5.10 Å². The highest BCUT2D eigenvalue weighted by molar-refractivity contribution is 7.89. The van der Waals surface area contributed by atoms with Crippen molar-refractivity contribution in [2.24, 2.45) is 0 Å². The van der Waals surface area contributed by atoms with Gasteiger partial charge in [-0.25, -0.2) is 8.42 Å². The van der Waals surface area contributed by atoms with Crippen molar-refractivity contribution in [3.63, 3.8) is 0 Å². The van der Waals surface area contributed by atoms with Crippen molar-refractivity contribution >= 4 is 10.0 Å². The van der Waals surface area contributed by atoms with E-state index >= 15 is 0 Å². The van der Waals surface area contributed by atoms with Gasteiger partial charge in [-0.1, -0.05) is 5.92 Å². The first-order valence-electron chi connectivity index (χ1n) is 6.14. The predicted molar refractivity (Wildman–Crippen MR) is 71.8 cm³/mol. The normalized spacial score (nSPS) is 15.7. The monoisotopic (exact) mass is 282 g/mol. The number of H-pyrrole nitrogens is 1. The summed E-state index contributed by atoms with van der Waals surface area (Å²) in [4.78, 5) is 0. The number of hydrogen-bond acceptors (Lipinski definition) is 4. The van der Waals surface area contributed by atoms with Gasteiger partial charge in [0.15, 0.2) is 5.03 Å². The maximum Gasteiger partial charge on any atom is 0.263 e. The zero-order chi connectivity index (χ0) is 14.0. The van der Waals surface area contributed by atoms with Crippen LogP contribution in [0.2, 0.25) is 0 Å². The Labute approximate surface area is 113 Å². The van der Waals surface area contributed by atoms with E-state index in [2.05, 4.69) is 21.4 Å². The third kappa shape index (κ3) is 2.97. The van der Waals surface area contributed by atoms with E-state index < -0.39 is 10.0 Å². The minimum absolute atomic E-state index is 0.0315. The molecule has 0 aromatic carbocycles. The van der Waals surface area contributed by atoms with E-state index in [1.54, 1.807) is 0 Å².